The van der Waals surface area contributed by atoms with E-state index in [2.05, 4.69) is 19.8 Å². The van der Waals surface area contributed by atoms with Gasteiger partial charge in [-0.25, -0.2) is 0 Å². The average Bonchev–Trinajstić information content (AvgIpc) is 2.88. The number of carbonyl (C=O) groups excluding carboxylic acids is 2. The molecule has 0 spiro atoms. The van der Waals surface area contributed by atoms with Crippen molar-refractivity contribution in [2.24, 2.45) is 9.98 Å². The molecule has 5 aliphatic rings. The smallest absolute Gasteiger partial charge is 0.194 e. The van der Waals surface area contributed by atoms with Gasteiger partial charge >= 0.3 is 0 Å². The van der Waals surface area contributed by atoms with Crippen molar-refractivity contribution in [1.29, 1.82) is 0 Å². The number of Topliss-reactive ketones (excluding diaryl/α,β-unsaturated/α-hetero) is 2. The van der Waals surface area contributed by atoms with Crippen LogP contribution in [-0.4, -0.2) is 59.0 Å². The molecule has 0 radical (unpaired) electrons. The molecule has 0 atom stereocenters. The van der Waals surface area contributed by atoms with Crippen molar-refractivity contribution in [2.75, 3.05) is 26.2 Å². The van der Waals surface area contributed by atoms with E-state index >= 15 is 0 Å². The van der Waals surface area contributed by atoms with Gasteiger partial charge in [-0.15, -0.1) is 0 Å². The Hall–Kier alpha value is -3.28. The fraction of sp³-hybridized carbons (Fsp3) is 0.429. The zero-order valence-electron chi connectivity index (χ0n) is 19.7. The summed E-state index contributed by atoms with van der Waals surface area (Å²) in [5.41, 5.74) is 3.55. The highest BCUT2D eigenvalue weighted by Gasteiger charge is 2.37. The van der Waals surface area contributed by atoms with E-state index in [0.29, 0.717) is 35.1 Å². The number of likely N-dealkylation sites (tertiary alicyclic amines) is 2. The van der Waals surface area contributed by atoms with E-state index in [1.807, 2.05) is 37.0 Å². The van der Waals surface area contributed by atoms with Gasteiger partial charge in [0.1, 0.15) is 0 Å². The summed E-state index contributed by atoms with van der Waals surface area (Å²) in [5, 5.41) is 0. The van der Waals surface area contributed by atoms with Crippen molar-refractivity contribution in [1.82, 2.24) is 9.80 Å². The lowest BCUT2D eigenvalue weighted by Gasteiger charge is -2.26. The Bertz CT molecular complexity index is 1010. The first-order valence-corrected chi connectivity index (χ1v) is 12.6. The fourth-order valence-corrected chi connectivity index (χ4v) is 5.10. The quantitative estimate of drug-likeness (QED) is 0.627. The Morgan fingerprint density at radius 3 is 1.41 bits per heavy atom. The number of carbonyl (C=O) groups is 2. The second kappa shape index (κ2) is 10.3. The van der Waals surface area contributed by atoms with Crippen molar-refractivity contribution in [3.63, 3.8) is 0 Å². The van der Waals surface area contributed by atoms with Crippen molar-refractivity contribution < 1.29 is 9.59 Å². The summed E-state index contributed by atoms with van der Waals surface area (Å²) in [6.45, 7) is 4.29. The third-order valence-electron chi connectivity index (χ3n) is 7.03. The van der Waals surface area contributed by atoms with Crippen molar-refractivity contribution in [3.8, 4) is 0 Å². The van der Waals surface area contributed by atoms with Crippen LogP contribution in [0.25, 0.3) is 0 Å². The van der Waals surface area contributed by atoms with E-state index in [4.69, 9.17) is 0 Å². The standard InChI is InChI=1S/C28H32N4O2/c33-27-24-10-8-22(30-12-18-32-15-5-2-6-16-32)20-26(24)28(34)23-9-7-21(19-25(23)27)29-11-17-31-13-3-1-4-14-31/h9-12,17-20H,1-8,13-16H2. The lowest BCUT2D eigenvalue weighted by molar-refractivity contribution is -0.117. The van der Waals surface area contributed by atoms with Crippen molar-refractivity contribution in [3.05, 3.63) is 71.4 Å². The minimum absolute atomic E-state index is 0.0904. The molecule has 2 aliphatic heterocycles. The van der Waals surface area contributed by atoms with Crippen LogP contribution in [-0.2, 0) is 9.59 Å². The van der Waals surface area contributed by atoms with Gasteiger partial charge in [0.15, 0.2) is 11.6 Å². The van der Waals surface area contributed by atoms with Gasteiger partial charge in [0, 0.05) is 97.5 Å². The van der Waals surface area contributed by atoms with Gasteiger partial charge in [-0.2, -0.15) is 0 Å². The monoisotopic (exact) mass is 456 g/mol. The van der Waals surface area contributed by atoms with E-state index in [0.717, 1.165) is 37.6 Å². The Morgan fingerprint density at radius 1 is 0.588 bits per heavy atom. The van der Waals surface area contributed by atoms with Gasteiger partial charge in [0.05, 0.1) is 0 Å². The van der Waals surface area contributed by atoms with Gasteiger partial charge in [-0.05, 0) is 50.7 Å². The van der Waals surface area contributed by atoms with E-state index in [9.17, 15) is 9.59 Å². The van der Waals surface area contributed by atoms with Crippen molar-refractivity contribution >= 4 is 23.0 Å². The predicted molar refractivity (Wildman–Crippen MR) is 136 cm³/mol. The van der Waals surface area contributed by atoms with E-state index in [-0.39, 0.29) is 11.6 Å². The van der Waals surface area contributed by atoms with Crippen LogP contribution in [0.15, 0.2) is 81.4 Å². The number of allylic oxidation sites excluding steroid dienone is 8. The maximum Gasteiger partial charge on any atom is 0.194 e. The summed E-state index contributed by atoms with van der Waals surface area (Å²) in [6.07, 6.45) is 23.6. The Balaban J connectivity index is 1.30. The number of hydrogen-bond acceptors (Lipinski definition) is 6. The molecule has 5 rings (SSSR count). The zero-order valence-corrected chi connectivity index (χ0v) is 19.7. The van der Waals surface area contributed by atoms with Crippen LogP contribution in [0.3, 0.4) is 0 Å². The molecule has 0 aromatic carbocycles. The second-order valence-corrected chi connectivity index (χ2v) is 9.45. The molecule has 2 saturated heterocycles. The predicted octanol–water partition coefficient (Wildman–Crippen LogP) is 4.45. The van der Waals surface area contributed by atoms with Gasteiger partial charge in [0.25, 0.3) is 0 Å². The molecular weight excluding hydrogens is 424 g/mol. The van der Waals surface area contributed by atoms with Gasteiger partial charge in [-0.1, -0.05) is 12.2 Å². The highest BCUT2D eigenvalue weighted by molar-refractivity contribution is 6.37. The molecule has 0 amide bonds. The van der Waals surface area contributed by atoms with E-state index < -0.39 is 0 Å². The lowest BCUT2D eigenvalue weighted by atomic mass is 9.75. The molecule has 3 fully saturated rings. The van der Waals surface area contributed by atoms with Crippen LogP contribution in [0.4, 0.5) is 0 Å². The van der Waals surface area contributed by atoms with Gasteiger partial charge in [0.2, 0.25) is 0 Å². The number of fused-ring (bicyclic) bond motifs is 2. The third-order valence-corrected chi connectivity index (χ3v) is 7.03. The summed E-state index contributed by atoms with van der Waals surface area (Å²) in [6, 6.07) is 0. The second-order valence-electron chi connectivity index (χ2n) is 9.45. The largest absolute Gasteiger partial charge is 0.376 e. The Morgan fingerprint density at radius 2 is 1.00 bits per heavy atom. The van der Waals surface area contributed by atoms with Crippen LogP contribution >= 0.6 is 0 Å². The minimum Gasteiger partial charge on any atom is -0.376 e. The summed E-state index contributed by atoms with van der Waals surface area (Å²) in [7, 11) is 0. The fourth-order valence-electron chi connectivity index (χ4n) is 5.10. The van der Waals surface area contributed by atoms with Gasteiger partial charge in [-0.3, -0.25) is 19.6 Å². The summed E-state index contributed by atoms with van der Waals surface area (Å²) in [5.74, 6) is -0.181. The molecule has 0 aromatic rings. The molecule has 6 nitrogen and oxygen atoms in total. The molecular formula is C28H32N4O2. The molecule has 0 N–H and O–H groups in total. The minimum atomic E-state index is -0.0904. The SMILES string of the molecule is O=C1C2=CCC(=NC=CN3CCCCC3)C=C2C(=O)C2=CCC(=NC=CN3CCCCC3)C=C12. The number of nitrogens with zero attached hydrogens (tertiary/aromatic N) is 4. The first kappa shape index (κ1) is 22.5. The van der Waals surface area contributed by atoms with Crippen LogP contribution in [0.5, 0.6) is 0 Å². The molecule has 3 aliphatic carbocycles. The maximum atomic E-state index is 13.2. The number of ketones is 2. The number of hydrogen-bond donors (Lipinski definition) is 0. The first-order valence-electron chi connectivity index (χ1n) is 12.6. The van der Waals surface area contributed by atoms with Crippen molar-refractivity contribution in [2.45, 2.75) is 51.4 Å². The van der Waals surface area contributed by atoms with Crippen LogP contribution < -0.4 is 0 Å². The molecule has 6 heteroatoms. The zero-order chi connectivity index (χ0) is 23.3. The third kappa shape index (κ3) is 4.96. The average molecular weight is 457 g/mol. The summed E-state index contributed by atoms with van der Waals surface area (Å²) < 4.78 is 0. The molecule has 34 heavy (non-hydrogen) atoms. The normalized spacial score (nSPS) is 26.0. The van der Waals surface area contributed by atoms with E-state index in [1.54, 1.807) is 12.2 Å². The molecule has 0 bridgehead atoms. The van der Waals surface area contributed by atoms with Gasteiger partial charge < -0.3 is 9.80 Å². The molecule has 2 heterocycles. The summed E-state index contributed by atoms with van der Waals surface area (Å²) >= 11 is 0. The highest BCUT2D eigenvalue weighted by Crippen LogP contribution is 2.35. The first-order chi connectivity index (χ1) is 16.7. The topological polar surface area (TPSA) is 65.3 Å². The van der Waals surface area contributed by atoms with E-state index in [1.165, 1.54) is 38.5 Å². The van der Waals surface area contributed by atoms with Crippen LogP contribution in [0, 0.1) is 0 Å². The molecule has 176 valence electrons. The Kier molecular flexibility index (Phi) is 6.84. The molecule has 0 aromatic heterocycles. The Labute approximate surface area is 201 Å². The summed E-state index contributed by atoms with van der Waals surface area (Å²) in [4.78, 5) is 40.1. The van der Waals surface area contributed by atoms with Crippen LogP contribution in [0.2, 0.25) is 0 Å². The molecule has 0 unspecified atom stereocenters. The number of aliphatic imine (C=N–C) groups is 2. The molecule has 1 saturated carbocycles. The van der Waals surface area contributed by atoms with Crippen LogP contribution in [0.1, 0.15) is 51.4 Å². The maximum absolute atomic E-state index is 13.2. The number of rotatable bonds is 4. The number of piperidine rings is 2. The lowest BCUT2D eigenvalue weighted by Crippen LogP contribution is -2.30. The highest BCUT2D eigenvalue weighted by atomic mass is 16.1.